The normalized spacial score (nSPS) is 10.9. The molecule has 0 aliphatic heterocycles. The maximum Gasteiger partial charge on any atom is 0.165 e. The molecule has 0 atom stereocenters. The summed E-state index contributed by atoms with van der Waals surface area (Å²) in [7, 11) is 3.34. The smallest absolute Gasteiger partial charge is 0.165 e. The van der Waals surface area contributed by atoms with Gasteiger partial charge in [0, 0.05) is 25.8 Å². The van der Waals surface area contributed by atoms with Gasteiger partial charge in [-0.1, -0.05) is 12.1 Å². The van der Waals surface area contributed by atoms with Crippen LogP contribution in [0.1, 0.15) is 19.4 Å². The molecule has 0 saturated heterocycles. The van der Waals surface area contributed by atoms with E-state index in [0.29, 0.717) is 26.4 Å². The lowest BCUT2D eigenvalue weighted by Gasteiger charge is -2.16. The number of rotatable bonds is 11. The SMILES string of the molecule is COCCNCc1cccc(OC)c1OCCOC(C)C. The summed E-state index contributed by atoms with van der Waals surface area (Å²) in [6.45, 7) is 7.27. The van der Waals surface area contributed by atoms with Crippen molar-refractivity contribution >= 4 is 0 Å². The molecule has 5 nitrogen and oxygen atoms in total. The van der Waals surface area contributed by atoms with Gasteiger partial charge >= 0.3 is 0 Å². The molecule has 0 bridgehead atoms. The van der Waals surface area contributed by atoms with Crippen LogP contribution in [0.3, 0.4) is 0 Å². The van der Waals surface area contributed by atoms with E-state index in [1.807, 2.05) is 32.0 Å². The zero-order chi connectivity index (χ0) is 15.5. The molecule has 1 N–H and O–H groups in total. The molecule has 1 aromatic carbocycles. The number of ether oxygens (including phenoxy) is 4. The molecule has 0 spiro atoms. The molecule has 0 amide bonds. The van der Waals surface area contributed by atoms with Crippen LogP contribution in [0.5, 0.6) is 11.5 Å². The number of hydrogen-bond acceptors (Lipinski definition) is 5. The van der Waals surface area contributed by atoms with Gasteiger partial charge in [0.2, 0.25) is 0 Å². The summed E-state index contributed by atoms with van der Waals surface area (Å²) < 4.78 is 21.7. The maximum absolute atomic E-state index is 5.85. The average Bonchev–Trinajstić information content (AvgIpc) is 2.48. The van der Waals surface area contributed by atoms with Crippen molar-refractivity contribution in [2.24, 2.45) is 0 Å². The second-order valence-corrected chi connectivity index (χ2v) is 4.89. The van der Waals surface area contributed by atoms with Crippen LogP contribution in [-0.4, -0.2) is 46.7 Å². The molecule has 0 heterocycles. The number of nitrogens with one attached hydrogen (secondary N) is 1. The Morgan fingerprint density at radius 3 is 2.57 bits per heavy atom. The molecule has 1 rings (SSSR count). The van der Waals surface area contributed by atoms with Crippen LogP contribution < -0.4 is 14.8 Å². The summed E-state index contributed by atoms with van der Waals surface area (Å²) in [5.41, 5.74) is 1.06. The molecule has 21 heavy (non-hydrogen) atoms. The van der Waals surface area contributed by atoms with Crippen molar-refractivity contribution in [1.29, 1.82) is 0 Å². The first-order valence-corrected chi connectivity index (χ1v) is 7.29. The van der Waals surface area contributed by atoms with Gasteiger partial charge in [0.05, 0.1) is 26.4 Å². The van der Waals surface area contributed by atoms with Gasteiger partial charge in [0.15, 0.2) is 11.5 Å². The zero-order valence-corrected chi connectivity index (χ0v) is 13.5. The highest BCUT2D eigenvalue weighted by Gasteiger charge is 2.10. The lowest BCUT2D eigenvalue weighted by molar-refractivity contribution is 0.0544. The van der Waals surface area contributed by atoms with E-state index < -0.39 is 0 Å². The van der Waals surface area contributed by atoms with E-state index in [-0.39, 0.29) is 6.10 Å². The molecular weight excluding hydrogens is 270 g/mol. The number of para-hydroxylation sites is 1. The van der Waals surface area contributed by atoms with Gasteiger partial charge < -0.3 is 24.3 Å². The minimum atomic E-state index is 0.210. The van der Waals surface area contributed by atoms with Gasteiger partial charge in [0.25, 0.3) is 0 Å². The van der Waals surface area contributed by atoms with Crippen LogP contribution in [0.4, 0.5) is 0 Å². The number of hydrogen-bond donors (Lipinski definition) is 1. The fourth-order valence-corrected chi connectivity index (χ4v) is 1.85. The summed E-state index contributed by atoms with van der Waals surface area (Å²) >= 11 is 0. The molecule has 0 unspecified atom stereocenters. The molecule has 1 aromatic rings. The molecule has 0 radical (unpaired) electrons. The van der Waals surface area contributed by atoms with Crippen molar-refractivity contribution < 1.29 is 18.9 Å². The zero-order valence-electron chi connectivity index (χ0n) is 13.5. The third-order valence-corrected chi connectivity index (χ3v) is 2.86. The van der Waals surface area contributed by atoms with Crippen molar-refractivity contribution in [2.45, 2.75) is 26.5 Å². The summed E-state index contributed by atoms with van der Waals surface area (Å²) in [5, 5.41) is 3.31. The molecule has 5 heteroatoms. The Morgan fingerprint density at radius 2 is 1.90 bits per heavy atom. The Morgan fingerprint density at radius 1 is 1.10 bits per heavy atom. The fraction of sp³-hybridized carbons (Fsp3) is 0.625. The van der Waals surface area contributed by atoms with Crippen LogP contribution in [-0.2, 0) is 16.0 Å². The monoisotopic (exact) mass is 297 g/mol. The third kappa shape index (κ3) is 6.80. The number of methoxy groups -OCH3 is 2. The topological polar surface area (TPSA) is 49.0 Å². The molecule has 0 fully saturated rings. The van der Waals surface area contributed by atoms with Crippen molar-refractivity contribution in [3.63, 3.8) is 0 Å². The fourth-order valence-electron chi connectivity index (χ4n) is 1.85. The second-order valence-electron chi connectivity index (χ2n) is 4.89. The van der Waals surface area contributed by atoms with Crippen molar-refractivity contribution in [2.75, 3.05) is 40.6 Å². The molecular formula is C16H27NO4. The van der Waals surface area contributed by atoms with Gasteiger partial charge in [0.1, 0.15) is 6.61 Å². The standard InChI is InChI=1S/C16H27NO4/c1-13(2)20-10-11-21-16-14(12-17-8-9-18-3)6-5-7-15(16)19-4/h5-7,13,17H,8-12H2,1-4H3. The van der Waals surface area contributed by atoms with Gasteiger partial charge in [-0.3, -0.25) is 0 Å². The Balaban J connectivity index is 2.59. The summed E-state index contributed by atoms with van der Waals surface area (Å²) in [4.78, 5) is 0. The summed E-state index contributed by atoms with van der Waals surface area (Å²) in [5.74, 6) is 1.52. The lowest BCUT2D eigenvalue weighted by Crippen LogP contribution is -2.19. The first-order chi connectivity index (χ1) is 10.2. The highest BCUT2D eigenvalue weighted by Crippen LogP contribution is 2.31. The van der Waals surface area contributed by atoms with E-state index in [1.165, 1.54) is 0 Å². The Labute approximate surface area is 127 Å². The van der Waals surface area contributed by atoms with Crippen LogP contribution in [0.15, 0.2) is 18.2 Å². The predicted octanol–water partition coefficient (Wildman–Crippen LogP) is 2.23. The lowest BCUT2D eigenvalue weighted by atomic mass is 10.2. The maximum atomic E-state index is 5.85. The quantitative estimate of drug-likeness (QED) is 0.635. The first-order valence-electron chi connectivity index (χ1n) is 7.29. The number of benzene rings is 1. The molecule has 0 aliphatic carbocycles. The Hall–Kier alpha value is -1.30. The first kappa shape index (κ1) is 17.8. The van der Waals surface area contributed by atoms with Crippen LogP contribution >= 0.6 is 0 Å². The van der Waals surface area contributed by atoms with E-state index in [2.05, 4.69) is 5.32 Å². The van der Waals surface area contributed by atoms with E-state index in [9.17, 15) is 0 Å². The van der Waals surface area contributed by atoms with Gasteiger partial charge in [-0.25, -0.2) is 0 Å². The summed E-state index contributed by atoms with van der Waals surface area (Å²) in [6, 6.07) is 5.89. The largest absolute Gasteiger partial charge is 0.493 e. The van der Waals surface area contributed by atoms with E-state index >= 15 is 0 Å². The van der Waals surface area contributed by atoms with Crippen molar-refractivity contribution in [1.82, 2.24) is 5.32 Å². The Kier molecular flexibility index (Phi) is 8.82. The van der Waals surface area contributed by atoms with E-state index in [1.54, 1.807) is 14.2 Å². The highest BCUT2D eigenvalue weighted by molar-refractivity contribution is 5.46. The van der Waals surface area contributed by atoms with Crippen LogP contribution in [0, 0.1) is 0 Å². The molecule has 120 valence electrons. The van der Waals surface area contributed by atoms with Crippen molar-refractivity contribution in [3.05, 3.63) is 23.8 Å². The second kappa shape index (κ2) is 10.4. The van der Waals surface area contributed by atoms with E-state index in [0.717, 1.165) is 23.6 Å². The van der Waals surface area contributed by atoms with Gasteiger partial charge in [-0.05, 0) is 19.9 Å². The predicted molar refractivity (Wildman–Crippen MR) is 83.2 cm³/mol. The van der Waals surface area contributed by atoms with Gasteiger partial charge in [-0.2, -0.15) is 0 Å². The summed E-state index contributed by atoms with van der Waals surface area (Å²) in [6.07, 6.45) is 0.210. The minimum Gasteiger partial charge on any atom is -0.493 e. The third-order valence-electron chi connectivity index (χ3n) is 2.86. The highest BCUT2D eigenvalue weighted by atomic mass is 16.5. The van der Waals surface area contributed by atoms with E-state index in [4.69, 9.17) is 18.9 Å². The molecule has 0 saturated carbocycles. The molecule has 0 aromatic heterocycles. The molecule has 0 aliphatic rings. The van der Waals surface area contributed by atoms with Gasteiger partial charge in [-0.15, -0.1) is 0 Å². The minimum absolute atomic E-state index is 0.210. The van der Waals surface area contributed by atoms with Crippen molar-refractivity contribution in [3.8, 4) is 11.5 Å². The average molecular weight is 297 g/mol. The Bertz CT molecular complexity index is 396. The van der Waals surface area contributed by atoms with Crippen LogP contribution in [0.2, 0.25) is 0 Å². The van der Waals surface area contributed by atoms with Crippen LogP contribution in [0.25, 0.3) is 0 Å².